The van der Waals surface area contributed by atoms with E-state index in [2.05, 4.69) is 31.5 Å². The van der Waals surface area contributed by atoms with E-state index in [1.54, 1.807) is 6.07 Å². The molecule has 0 aliphatic carbocycles. The number of aliphatic carboxylic acids is 1. The Labute approximate surface area is 227 Å². The van der Waals surface area contributed by atoms with Crippen LogP contribution in [0.4, 0.5) is 22.2 Å². The molecule has 5 rings (SSSR count). The molecule has 0 atom stereocenters. The van der Waals surface area contributed by atoms with E-state index < -0.39 is 10.9 Å². The van der Waals surface area contributed by atoms with Gasteiger partial charge in [-0.05, 0) is 55.5 Å². The van der Waals surface area contributed by atoms with Crippen molar-refractivity contribution in [2.45, 2.75) is 51.4 Å². The molecule has 2 amide bonds. The summed E-state index contributed by atoms with van der Waals surface area (Å²) < 4.78 is 0.706. The highest BCUT2D eigenvalue weighted by molar-refractivity contribution is 7.21. The van der Waals surface area contributed by atoms with Crippen molar-refractivity contribution < 1.29 is 24.4 Å². The minimum Gasteiger partial charge on any atom is -0.481 e. The second-order valence-electron chi connectivity index (χ2n) is 9.18. The number of hydrogen-bond donors (Lipinski definition) is 2. The molecule has 39 heavy (non-hydrogen) atoms. The molecular weight excluding hydrogens is 524 g/mol. The Morgan fingerprint density at radius 2 is 1.87 bits per heavy atom. The van der Waals surface area contributed by atoms with Crippen molar-refractivity contribution in [2.75, 3.05) is 18.0 Å². The summed E-state index contributed by atoms with van der Waals surface area (Å²) in [7, 11) is 0. The number of fused-ring (bicyclic) bond motifs is 2. The van der Waals surface area contributed by atoms with Gasteiger partial charge in [0.2, 0.25) is 16.9 Å². The number of carbonyl (C=O) groups excluding carboxylic acids is 2. The maximum absolute atomic E-state index is 10.9. The van der Waals surface area contributed by atoms with Crippen LogP contribution in [0.1, 0.15) is 50.5 Å². The number of nitrogens with one attached hydrogen (secondary N) is 1. The molecule has 2 aliphatic heterocycles. The standard InChI is InChI=1S/C22H23N5O4S.C4H5NO2/c28-21(29)6-2-1-3-11-26-12-4-5-15-13-16(7-10-19(15)26)24-25-22-23-18-9-8-17(27(30)31)14-20(18)32-22;6-3-1-2-4(7)5-3/h7-10,13-14H,1-6,11-12H2,(H,28,29);1-2H2,(H,5,6,7). The molecule has 0 unspecified atom stereocenters. The lowest BCUT2D eigenvalue weighted by molar-refractivity contribution is -0.384. The van der Waals surface area contributed by atoms with Crippen LogP contribution in [-0.4, -0.2) is 45.9 Å². The van der Waals surface area contributed by atoms with Crippen LogP contribution < -0.4 is 10.2 Å². The maximum atomic E-state index is 10.9. The van der Waals surface area contributed by atoms with E-state index >= 15 is 0 Å². The molecule has 13 heteroatoms. The number of non-ortho nitro benzene ring substituents is 1. The predicted octanol–water partition coefficient (Wildman–Crippen LogP) is 5.44. The molecule has 0 saturated carbocycles. The van der Waals surface area contributed by atoms with Gasteiger partial charge in [0.05, 0.1) is 20.8 Å². The Hall–Kier alpha value is -4.26. The number of azo groups is 1. The number of anilines is 1. The van der Waals surface area contributed by atoms with Gasteiger partial charge in [0, 0.05) is 50.2 Å². The summed E-state index contributed by atoms with van der Waals surface area (Å²) in [5, 5.41) is 30.9. The van der Waals surface area contributed by atoms with Crippen LogP contribution >= 0.6 is 11.3 Å². The summed E-state index contributed by atoms with van der Waals surface area (Å²) in [6.07, 6.45) is 5.64. The van der Waals surface area contributed by atoms with Gasteiger partial charge >= 0.3 is 5.97 Å². The van der Waals surface area contributed by atoms with Gasteiger partial charge in [-0.1, -0.05) is 17.8 Å². The van der Waals surface area contributed by atoms with Gasteiger partial charge in [0.1, 0.15) is 0 Å². The fourth-order valence-corrected chi connectivity index (χ4v) is 5.20. The summed E-state index contributed by atoms with van der Waals surface area (Å²) in [6, 6.07) is 10.6. The van der Waals surface area contributed by atoms with Gasteiger partial charge in [-0.15, -0.1) is 10.2 Å². The Morgan fingerprint density at radius 1 is 1.08 bits per heavy atom. The molecule has 12 nitrogen and oxygen atoms in total. The first-order valence-electron chi connectivity index (χ1n) is 12.7. The third kappa shape index (κ3) is 7.87. The predicted molar refractivity (Wildman–Crippen MR) is 146 cm³/mol. The SMILES string of the molecule is O=C(O)CCCCCN1CCCc2cc(N=Nc3nc4ccc([N+](=O)[O-])cc4s3)ccc21.O=C1CCC(=O)N1. The van der Waals surface area contributed by atoms with E-state index in [1.807, 2.05) is 12.1 Å². The first-order chi connectivity index (χ1) is 18.8. The zero-order chi connectivity index (χ0) is 27.8. The number of benzene rings is 2. The zero-order valence-electron chi connectivity index (χ0n) is 21.2. The number of nitro benzene ring substituents is 1. The van der Waals surface area contributed by atoms with Crippen molar-refractivity contribution in [1.82, 2.24) is 10.3 Å². The second-order valence-corrected chi connectivity index (χ2v) is 10.2. The summed E-state index contributed by atoms with van der Waals surface area (Å²) in [6.45, 7) is 1.93. The molecule has 2 aliphatic rings. The number of amides is 2. The van der Waals surface area contributed by atoms with Gasteiger partial charge in [0.15, 0.2) is 0 Å². The Bertz CT molecular complexity index is 1410. The van der Waals surface area contributed by atoms with E-state index in [0.29, 0.717) is 34.6 Å². The van der Waals surface area contributed by atoms with E-state index in [1.165, 1.54) is 34.7 Å². The van der Waals surface area contributed by atoms with Gasteiger partial charge in [0.25, 0.3) is 5.69 Å². The fourth-order valence-electron chi connectivity index (χ4n) is 4.38. The number of imide groups is 1. The van der Waals surface area contributed by atoms with Gasteiger partial charge in [-0.2, -0.15) is 0 Å². The number of thiazole rings is 1. The van der Waals surface area contributed by atoms with Gasteiger partial charge < -0.3 is 10.0 Å². The quantitative estimate of drug-likeness (QED) is 0.116. The Balaban J connectivity index is 0.000000438. The highest BCUT2D eigenvalue weighted by Crippen LogP contribution is 2.34. The average molecular weight is 553 g/mol. The number of hydrogen-bond acceptors (Lipinski definition) is 10. The van der Waals surface area contributed by atoms with Crippen molar-refractivity contribution in [2.24, 2.45) is 10.2 Å². The lowest BCUT2D eigenvalue weighted by atomic mass is 10.0. The molecule has 204 valence electrons. The molecule has 1 aromatic heterocycles. The van der Waals surface area contributed by atoms with Crippen molar-refractivity contribution in [3.05, 3.63) is 52.1 Å². The topological polar surface area (TPSA) is 167 Å². The average Bonchev–Trinajstić information content (AvgIpc) is 3.51. The van der Waals surface area contributed by atoms with Crippen LogP contribution in [0.15, 0.2) is 46.6 Å². The minimum atomic E-state index is -0.734. The highest BCUT2D eigenvalue weighted by Gasteiger charge is 2.17. The lowest BCUT2D eigenvalue weighted by Crippen LogP contribution is -2.30. The van der Waals surface area contributed by atoms with E-state index in [-0.39, 0.29) is 23.9 Å². The first-order valence-corrected chi connectivity index (χ1v) is 13.5. The number of carboxylic acids is 1. The minimum absolute atomic E-state index is 0.0331. The third-order valence-corrected chi connectivity index (χ3v) is 7.18. The monoisotopic (exact) mass is 552 g/mol. The number of carboxylic acid groups (broad SMARTS) is 1. The number of unbranched alkanes of at least 4 members (excludes halogenated alkanes) is 2. The molecule has 2 N–H and O–H groups in total. The van der Waals surface area contributed by atoms with Crippen molar-refractivity contribution in [3.8, 4) is 0 Å². The number of carbonyl (C=O) groups is 3. The lowest BCUT2D eigenvalue weighted by Gasteiger charge is -2.31. The van der Waals surface area contributed by atoms with Crippen LogP contribution in [0.5, 0.6) is 0 Å². The largest absolute Gasteiger partial charge is 0.481 e. The number of nitrogens with zero attached hydrogens (tertiary/aromatic N) is 5. The maximum Gasteiger partial charge on any atom is 0.303 e. The van der Waals surface area contributed by atoms with Crippen LogP contribution in [0.3, 0.4) is 0 Å². The van der Waals surface area contributed by atoms with Crippen molar-refractivity contribution in [1.29, 1.82) is 0 Å². The fraction of sp³-hybridized carbons (Fsp3) is 0.385. The summed E-state index contributed by atoms with van der Waals surface area (Å²) in [5.74, 6) is -1.03. The highest BCUT2D eigenvalue weighted by atomic mass is 32.1. The van der Waals surface area contributed by atoms with Crippen LogP contribution in [0, 0.1) is 10.1 Å². The van der Waals surface area contributed by atoms with Crippen molar-refractivity contribution >= 4 is 61.5 Å². The van der Waals surface area contributed by atoms with E-state index in [0.717, 1.165) is 44.5 Å². The Kier molecular flexibility index (Phi) is 9.26. The molecule has 0 spiro atoms. The summed E-state index contributed by atoms with van der Waals surface area (Å²) in [5.41, 5.74) is 3.89. The first kappa shape index (κ1) is 27.8. The molecule has 3 aromatic rings. The zero-order valence-corrected chi connectivity index (χ0v) is 22.0. The molecule has 2 aromatic carbocycles. The number of aryl methyl sites for hydroxylation is 1. The van der Waals surface area contributed by atoms with E-state index in [9.17, 15) is 24.5 Å². The molecule has 1 saturated heterocycles. The van der Waals surface area contributed by atoms with Gasteiger partial charge in [-0.3, -0.25) is 29.8 Å². The smallest absolute Gasteiger partial charge is 0.303 e. The van der Waals surface area contributed by atoms with Crippen LogP contribution in [0.25, 0.3) is 10.2 Å². The van der Waals surface area contributed by atoms with Gasteiger partial charge in [-0.25, -0.2) is 4.98 Å². The molecule has 0 bridgehead atoms. The number of aromatic nitrogens is 1. The Morgan fingerprint density at radius 3 is 2.56 bits per heavy atom. The van der Waals surface area contributed by atoms with E-state index in [4.69, 9.17) is 5.11 Å². The van der Waals surface area contributed by atoms with Crippen molar-refractivity contribution in [3.63, 3.8) is 0 Å². The van der Waals surface area contributed by atoms with Crippen LogP contribution in [0.2, 0.25) is 0 Å². The summed E-state index contributed by atoms with van der Waals surface area (Å²) in [4.78, 5) is 48.1. The number of rotatable bonds is 9. The summed E-state index contributed by atoms with van der Waals surface area (Å²) >= 11 is 1.27. The second kappa shape index (κ2) is 13.0. The normalized spacial score (nSPS) is 14.7. The molecule has 1 fully saturated rings. The third-order valence-electron chi connectivity index (χ3n) is 6.28. The number of nitro groups is 1. The van der Waals surface area contributed by atoms with Crippen LogP contribution in [-0.2, 0) is 20.8 Å². The molecular formula is C26H28N6O6S. The molecule has 0 radical (unpaired) electrons. The molecule has 3 heterocycles.